The van der Waals surface area contributed by atoms with Crippen LogP contribution in [0.1, 0.15) is 52.5 Å². The number of carbonyl (C=O) groups excluding carboxylic acids is 2. The maximum atomic E-state index is 12.9. The smallest absolute Gasteiger partial charge is 0.253 e. The lowest BCUT2D eigenvalue weighted by atomic mass is 10.1. The molecular formula is C24H30N2O3. The van der Waals surface area contributed by atoms with E-state index in [-0.39, 0.29) is 11.8 Å². The average molecular weight is 395 g/mol. The number of hydrogen-bond acceptors (Lipinski definition) is 3. The summed E-state index contributed by atoms with van der Waals surface area (Å²) in [6, 6.07) is 15.0. The van der Waals surface area contributed by atoms with Gasteiger partial charge < -0.3 is 14.5 Å². The molecule has 2 aromatic carbocycles. The predicted octanol–water partition coefficient (Wildman–Crippen LogP) is 4.16. The topological polar surface area (TPSA) is 49.9 Å². The zero-order chi connectivity index (χ0) is 20.6. The van der Waals surface area contributed by atoms with E-state index in [0.29, 0.717) is 43.9 Å². The van der Waals surface area contributed by atoms with E-state index >= 15 is 0 Å². The van der Waals surface area contributed by atoms with E-state index in [1.165, 1.54) is 0 Å². The highest BCUT2D eigenvalue weighted by atomic mass is 16.5. The monoisotopic (exact) mass is 394 g/mol. The van der Waals surface area contributed by atoms with Crippen molar-refractivity contribution < 1.29 is 14.3 Å². The molecule has 0 atom stereocenters. The molecule has 0 spiro atoms. The first kappa shape index (κ1) is 20.9. The van der Waals surface area contributed by atoms with E-state index < -0.39 is 0 Å². The van der Waals surface area contributed by atoms with Gasteiger partial charge in [-0.3, -0.25) is 9.59 Å². The van der Waals surface area contributed by atoms with E-state index in [0.717, 1.165) is 30.6 Å². The largest absolute Gasteiger partial charge is 0.494 e. The van der Waals surface area contributed by atoms with Crippen LogP contribution in [0.25, 0.3) is 0 Å². The van der Waals surface area contributed by atoms with E-state index in [4.69, 9.17) is 4.74 Å². The Balaban J connectivity index is 1.58. The van der Waals surface area contributed by atoms with Crippen molar-refractivity contribution in [2.24, 2.45) is 0 Å². The molecule has 1 aliphatic rings. The van der Waals surface area contributed by atoms with E-state index in [2.05, 4.69) is 6.92 Å². The summed E-state index contributed by atoms with van der Waals surface area (Å²) in [5, 5.41) is 0. The lowest BCUT2D eigenvalue weighted by Gasteiger charge is -2.22. The Labute approximate surface area is 173 Å². The van der Waals surface area contributed by atoms with E-state index in [9.17, 15) is 9.59 Å². The van der Waals surface area contributed by atoms with Crippen LogP contribution in [0, 0.1) is 6.92 Å². The van der Waals surface area contributed by atoms with Gasteiger partial charge in [-0.1, -0.05) is 31.0 Å². The van der Waals surface area contributed by atoms with Gasteiger partial charge in [0.1, 0.15) is 5.75 Å². The molecule has 1 saturated heterocycles. The summed E-state index contributed by atoms with van der Waals surface area (Å²) in [4.78, 5) is 29.4. The minimum Gasteiger partial charge on any atom is -0.494 e. The van der Waals surface area contributed by atoms with Crippen LogP contribution in [-0.4, -0.2) is 54.4 Å². The Morgan fingerprint density at radius 1 is 0.897 bits per heavy atom. The molecule has 5 heteroatoms. The molecule has 5 nitrogen and oxygen atoms in total. The van der Waals surface area contributed by atoms with Gasteiger partial charge in [0.05, 0.1) is 6.61 Å². The van der Waals surface area contributed by atoms with Gasteiger partial charge in [-0.25, -0.2) is 0 Å². The first-order valence-electron chi connectivity index (χ1n) is 10.5. The van der Waals surface area contributed by atoms with Crippen molar-refractivity contribution in [3.63, 3.8) is 0 Å². The summed E-state index contributed by atoms with van der Waals surface area (Å²) < 4.78 is 5.67. The Morgan fingerprint density at radius 3 is 2.17 bits per heavy atom. The standard InChI is InChI=1S/C24H30N2O3/c1-3-4-17-29-22-11-9-20(10-12-22)23(27)25-13-6-14-26(16-15-25)24(28)21-8-5-7-19(2)18-21/h5,7-12,18H,3-4,6,13-17H2,1-2H3. The molecule has 2 aromatic rings. The number of aryl methyl sites for hydroxylation is 1. The lowest BCUT2D eigenvalue weighted by Crippen LogP contribution is -2.37. The SMILES string of the molecule is CCCCOc1ccc(C(=O)N2CCCN(C(=O)c3cccc(C)c3)CC2)cc1. The van der Waals surface area contributed by atoms with Crippen molar-refractivity contribution in [3.8, 4) is 5.75 Å². The fourth-order valence-corrected chi connectivity index (χ4v) is 3.49. The van der Waals surface area contributed by atoms with Crippen LogP contribution in [0.3, 0.4) is 0 Å². The average Bonchev–Trinajstić information content (AvgIpc) is 3.00. The van der Waals surface area contributed by atoms with E-state index in [1.807, 2.05) is 65.3 Å². The molecule has 3 rings (SSSR count). The lowest BCUT2D eigenvalue weighted by molar-refractivity contribution is 0.0718. The quantitative estimate of drug-likeness (QED) is 0.691. The molecular weight excluding hydrogens is 364 g/mol. The number of hydrogen-bond donors (Lipinski definition) is 0. The maximum absolute atomic E-state index is 12.9. The summed E-state index contributed by atoms with van der Waals surface area (Å²) >= 11 is 0. The number of nitrogens with zero attached hydrogens (tertiary/aromatic N) is 2. The number of unbranched alkanes of at least 4 members (excludes halogenated alkanes) is 1. The van der Waals surface area contributed by atoms with Crippen LogP contribution in [0.5, 0.6) is 5.75 Å². The summed E-state index contributed by atoms with van der Waals surface area (Å²) in [5.41, 5.74) is 2.44. The van der Waals surface area contributed by atoms with Gasteiger partial charge >= 0.3 is 0 Å². The molecule has 0 bridgehead atoms. The number of benzene rings is 2. The Kier molecular flexibility index (Phi) is 7.28. The molecule has 0 aromatic heterocycles. The Hall–Kier alpha value is -2.82. The van der Waals surface area contributed by atoms with E-state index in [1.54, 1.807) is 0 Å². The van der Waals surface area contributed by atoms with Crippen LogP contribution in [0.2, 0.25) is 0 Å². The third kappa shape index (κ3) is 5.59. The highest BCUT2D eigenvalue weighted by Crippen LogP contribution is 2.16. The van der Waals surface area contributed by atoms with Crippen molar-refractivity contribution in [2.45, 2.75) is 33.1 Å². The van der Waals surface area contributed by atoms with Crippen molar-refractivity contribution in [1.82, 2.24) is 9.80 Å². The van der Waals surface area contributed by atoms with Gasteiger partial charge in [0.15, 0.2) is 0 Å². The summed E-state index contributed by atoms with van der Waals surface area (Å²) in [7, 11) is 0. The molecule has 0 N–H and O–H groups in total. The second-order valence-corrected chi connectivity index (χ2v) is 7.53. The molecule has 1 fully saturated rings. The van der Waals surface area contributed by atoms with Crippen molar-refractivity contribution in [1.29, 1.82) is 0 Å². The third-order valence-electron chi connectivity index (χ3n) is 5.20. The summed E-state index contributed by atoms with van der Waals surface area (Å²) in [6.07, 6.45) is 2.89. The van der Waals surface area contributed by atoms with Gasteiger partial charge in [-0.15, -0.1) is 0 Å². The summed E-state index contributed by atoms with van der Waals surface area (Å²) in [5.74, 6) is 0.840. The fourth-order valence-electron chi connectivity index (χ4n) is 3.49. The van der Waals surface area contributed by atoms with Crippen LogP contribution >= 0.6 is 0 Å². The molecule has 1 heterocycles. The van der Waals surface area contributed by atoms with Gasteiger partial charge in [0.25, 0.3) is 11.8 Å². The third-order valence-corrected chi connectivity index (χ3v) is 5.20. The van der Waals surface area contributed by atoms with Crippen LogP contribution in [0.4, 0.5) is 0 Å². The number of ether oxygens (including phenoxy) is 1. The fraction of sp³-hybridized carbons (Fsp3) is 0.417. The molecule has 154 valence electrons. The highest BCUT2D eigenvalue weighted by molar-refractivity contribution is 5.95. The molecule has 0 radical (unpaired) electrons. The van der Waals surface area contributed by atoms with Crippen LogP contribution in [-0.2, 0) is 0 Å². The zero-order valence-corrected chi connectivity index (χ0v) is 17.4. The summed E-state index contributed by atoms with van der Waals surface area (Å²) in [6.45, 7) is 7.23. The Morgan fingerprint density at radius 2 is 1.55 bits per heavy atom. The van der Waals surface area contributed by atoms with Crippen LogP contribution < -0.4 is 4.74 Å². The molecule has 2 amide bonds. The Bertz CT molecular complexity index is 832. The van der Waals surface area contributed by atoms with Crippen molar-refractivity contribution in [3.05, 3.63) is 65.2 Å². The highest BCUT2D eigenvalue weighted by Gasteiger charge is 2.23. The normalized spacial score (nSPS) is 14.4. The number of carbonyl (C=O) groups is 2. The maximum Gasteiger partial charge on any atom is 0.253 e. The molecule has 0 saturated carbocycles. The van der Waals surface area contributed by atoms with Crippen molar-refractivity contribution >= 4 is 11.8 Å². The van der Waals surface area contributed by atoms with Crippen LogP contribution in [0.15, 0.2) is 48.5 Å². The van der Waals surface area contributed by atoms with Gasteiger partial charge in [-0.2, -0.15) is 0 Å². The molecule has 29 heavy (non-hydrogen) atoms. The van der Waals surface area contributed by atoms with Gasteiger partial charge in [0.2, 0.25) is 0 Å². The molecule has 0 unspecified atom stereocenters. The first-order chi connectivity index (χ1) is 14.1. The molecule has 1 aliphatic heterocycles. The second-order valence-electron chi connectivity index (χ2n) is 7.53. The number of rotatable bonds is 6. The van der Waals surface area contributed by atoms with Gasteiger partial charge in [0, 0.05) is 37.3 Å². The number of amides is 2. The predicted molar refractivity (Wildman–Crippen MR) is 114 cm³/mol. The minimum absolute atomic E-state index is 0.00922. The second kappa shape index (κ2) is 10.1. The van der Waals surface area contributed by atoms with Gasteiger partial charge in [-0.05, 0) is 56.2 Å². The first-order valence-corrected chi connectivity index (χ1v) is 10.5. The zero-order valence-electron chi connectivity index (χ0n) is 17.4. The minimum atomic E-state index is 0.00922. The van der Waals surface area contributed by atoms with Crippen molar-refractivity contribution in [2.75, 3.05) is 32.8 Å². The molecule has 0 aliphatic carbocycles.